The number of ketones is 1. The van der Waals surface area contributed by atoms with Gasteiger partial charge in [0.05, 0.1) is 53.0 Å². The summed E-state index contributed by atoms with van der Waals surface area (Å²) < 4.78 is 23.7. The summed E-state index contributed by atoms with van der Waals surface area (Å²) in [6.45, 7) is 17.9. The van der Waals surface area contributed by atoms with Gasteiger partial charge in [-0.1, -0.05) is 72.6 Å². The van der Waals surface area contributed by atoms with Crippen LogP contribution < -0.4 is 10.1 Å². The van der Waals surface area contributed by atoms with Gasteiger partial charge in [-0.05, 0) is 32.8 Å². The van der Waals surface area contributed by atoms with E-state index in [1.54, 1.807) is 39.8 Å². The van der Waals surface area contributed by atoms with E-state index in [0.29, 0.717) is 13.1 Å². The van der Waals surface area contributed by atoms with Crippen molar-refractivity contribution < 1.29 is 58.9 Å². The van der Waals surface area contributed by atoms with Crippen molar-refractivity contribution in [1.29, 1.82) is 0 Å². The molecule has 0 spiro atoms. The van der Waals surface area contributed by atoms with Gasteiger partial charge in [0.2, 0.25) is 0 Å². The minimum atomic E-state index is -2.05. The lowest BCUT2D eigenvalue weighted by atomic mass is 9.78. The number of aromatic hydroxyl groups is 3. The summed E-state index contributed by atoms with van der Waals surface area (Å²) >= 11 is 0. The van der Waals surface area contributed by atoms with E-state index < -0.39 is 88.8 Å². The molecular weight excluding hydrogens is 787 g/mol. The number of phenols is 3. The number of carbonyl (C=O) groups is 3. The molecule has 0 aromatic heterocycles. The van der Waals surface area contributed by atoms with Gasteiger partial charge in [0, 0.05) is 74.2 Å². The molecule has 0 fully saturated rings. The molecular formula is C46H65N3O12. The van der Waals surface area contributed by atoms with Crippen molar-refractivity contribution in [1.82, 2.24) is 5.01 Å². The Bertz CT molecular complexity index is 2050. The van der Waals surface area contributed by atoms with E-state index in [1.807, 2.05) is 5.01 Å². The fraction of sp³-hybridized carbons (Fsp3) is 0.565. The maximum Gasteiger partial charge on any atom is 0.312 e. The number of nitrogens with zero attached hydrogens (tertiary/aromatic N) is 2. The zero-order chi connectivity index (χ0) is 45.5. The predicted molar refractivity (Wildman–Crippen MR) is 233 cm³/mol. The Balaban J connectivity index is 1.99. The number of phenolic OH excluding ortho intramolecular Hbond substituents is 3. The molecule has 2 aromatic rings. The Morgan fingerprint density at radius 2 is 1.57 bits per heavy atom. The summed E-state index contributed by atoms with van der Waals surface area (Å²) in [7, 11) is 1.44. The Morgan fingerprint density at radius 1 is 0.934 bits per heavy atom. The van der Waals surface area contributed by atoms with Gasteiger partial charge in [0.25, 0.3) is 11.7 Å². The average molecular weight is 852 g/mol. The van der Waals surface area contributed by atoms with Gasteiger partial charge < -0.3 is 49.8 Å². The number of carbonyl (C=O) groups excluding carboxylic acids is 3. The van der Waals surface area contributed by atoms with Crippen molar-refractivity contribution in [3.63, 3.8) is 0 Å². The van der Waals surface area contributed by atoms with Gasteiger partial charge in [0.15, 0.2) is 5.75 Å². The Morgan fingerprint density at radius 3 is 2.16 bits per heavy atom. The van der Waals surface area contributed by atoms with E-state index in [-0.39, 0.29) is 44.5 Å². The lowest BCUT2D eigenvalue weighted by Gasteiger charge is -2.38. The first-order valence-corrected chi connectivity index (χ1v) is 21.1. The minimum absolute atomic E-state index is 0.0586. The number of methoxy groups -OCH3 is 1. The number of hydrogen-bond acceptors (Lipinski definition) is 14. The van der Waals surface area contributed by atoms with Gasteiger partial charge in [-0.3, -0.25) is 19.4 Å². The molecule has 6 N–H and O–H groups in total. The van der Waals surface area contributed by atoms with Crippen molar-refractivity contribution in [3.8, 4) is 23.0 Å². The molecule has 0 unspecified atom stereocenters. The number of ether oxygens (including phenoxy) is 4. The first-order valence-electron chi connectivity index (χ1n) is 21.1. The van der Waals surface area contributed by atoms with Crippen LogP contribution in [-0.2, 0) is 23.8 Å². The fourth-order valence-corrected chi connectivity index (χ4v) is 7.92. The molecule has 3 aliphatic heterocycles. The van der Waals surface area contributed by atoms with Crippen LogP contribution in [-0.4, -0.2) is 105 Å². The third kappa shape index (κ3) is 10.3. The first-order chi connectivity index (χ1) is 28.8. The number of rotatable bonds is 10. The standard InChI is InChI=1S/C46H65N3O12/c1-12-14-20-49(21-15-13-2)47-23-31-36-41(55)34-33(40(31)54)35-43(29(8)39(34)53)61-46(10,44(35)56)59-22-19-32(58-11)26(5)42(60-30(9)50)28(7)38(52)27(6)37(51)24(3)17-16-18-25(4)45(57)48-36/h16-19,22-24,26-28,32,37-38,42,51-55H,12-15,20-21H2,1-11H3,(H,48,57)/b17-16+,22-19+,25-18-,47-23?/t24-,26-,27-,28-,32+,37+,38-,42-,46+/m1/s1. The van der Waals surface area contributed by atoms with Crippen LogP contribution in [0.4, 0.5) is 5.69 Å². The molecule has 5 bridgehead atoms. The lowest BCUT2D eigenvalue weighted by molar-refractivity contribution is -0.160. The summed E-state index contributed by atoms with van der Waals surface area (Å²) in [6, 6.07) is 0. The normalized spacial score (nSPS) is 29.5. The summed E-state index contributed by atoms with van der Waals surface area (Å²) in [4.78, 5) is 40.7. The minimum Gasteiger partial charge on any atom is -0.507 e. The topological polar surface area (TPSA) is 217 Å². The Kier molecular flexibility index (Phi) is 16.4. The molecule has 0 saturated heterocycles. The molecule has 0 saturated carbocycles. The Labute approximate surface area is 358 Å². The van der Waals surface area contributed by atoms with Gasteiger partial charge >= 0.3 is 11.8 Å². The second kappa shape index (κ2) is 20.6. The number of aliphatic hydroxyl groups is 2. The van der Waals surface area contributed by atoms with Crippen LogP contribution in [0.5, 0.6) is 23.0 Å². The molecule has 0 aliphatic carbocycles. The monoisotopic (exact) mass is 851 g/mol. The highest BCUT2D eigenvalue weighted by Crippen LogP contribution is 2.55. The molecule has 2 aromatic carbocycles. The van der Waals surface area contributed by atoms with Crippen molar-refractivity contribution in [2.45, 2.75) is 125 Å². The highest BCUT2D eigenvalue weighted by Gasteiger charge is 2.50. The number of nitrogens with one attached hydrogen (secondary N) is 1. The van der Waals surface area contributed by atoms with Crippen LogP contribution in [0.25, 0.3) is 10.8 Å². The number of esters is 1. The largest absolute Gasteiger partial charge is 0.507 e. The number of allylic oxidation sites excluding steroid dienone is 2. The number of hydrazone groups is 1. The molecule has 3 aliphatic rings. The fourth-order valence-electron chi connectivity index (χ4n) is 7.92. The van der Waals surface area contributed by atoms with E-state index in [1.165, 1.54) is 59.4 Å². The molecule has 1 amide bonds. The Hall–Kier alpha value is -5.12. The van der Waals surface area contributed by atoms with E-state index in [0.717, 1.165) is 25.7 Å². The number of amides is 1. The van der Waals surface area contributed by atoms with Crippen LogP contribution in [0.15, 0.2) is 41.2 Å². The molecule has 9 atom stereocenters. The SMILES string of the molecule is CCCCN(CCCC)N=Cc1c2c(O)c3c(O)c(C)c4c(c3c1O)C(=O)[C@@](C)(O/C=C/[C@H](OC)[C@@H](C)[C@@H](OC(C)=O)[C@H](C)[C@H](O)[C@H](C)[C@@H](O)[C@H](C)/C=C/C=C(/C)C(=O)N2)O4. The van der Waals surface area contributed by atoms with Gasteiger partial charge in [-0.15, -0.1) is 0 Å². The molecule has 15 nitrogen and oxygen atoms in total. The zero-order valence-corrected chi connectivity index (χ0v) is 37.3. The first kappa shape index (κ1) is 48.5. The highest BCUT2D eigenvalue weighted by atomic mass is 16.7. The smallest absolute Gasteiger partial charge is 0.312 e. The molecule has 336 valence electrons. The van der Waals surface area contributed by atoms with Crippen molar-refractivity contribution in [2.24, 2.45) is 28.8 Å². The van der Waals surface area contributed by atoms with Gasteiger partial charge in [-0.2, -0.15) is 5.10 Å². The third-order valence-electron chi connectivity index (χ3n) is 11.9. The van der Waals surface area contributed by atoms with Crippen LogP contribution in [0, 0.1) is 30.6 Å². The number of anilines is 1. The number of hydrogen-bond donors (Lipinski definition) is 6. The summed E-state index contributed by atoms with van der Waals surface area (Å²) in [5.74, 6) is -8.32. The summed E-state index contributed by atoms with van der Waals surface area (Å²) in [5, 5.41) is 67.3. The quantitative estimate of drug-likeness (QED) is 0.0468. The number of fused-ring (bicyclic) bond motifs is 14. The van der Waals surface area contributed by atoms with Crippen LogP contribution in [0.2, 0.25) is 0 Å². The maximum absolute atomic E-state index is 14.5. The molecule has 61 heavy (non-hydrogen) atoms. The van der Waals surface area contributed by atoms with Gasteiger partial charge in [-0.25, -0.2) is 0 Å². The van der Waals surface area contributed by atoms with E-state index in [4.69, 9.17) is 18.9 Å². The molecule has 15 heteroatoms. The lowest BCUT2D eigenvalue weighted by Crippen LogP contribution is -2.46. The number of unbranched alkanes of at least 4 members (excludes halogenated alkanes) is 2. The van der Waals surface area contributed by atoms with Gasteiger partial charge in [0.1, 0.15) is 23.4 Å². The van der Waals surface area contributed by atoms with E-state index in [2.05, 4.69) is 24.3 Å². The van der Waals surface area contributed by atoms with E-state index in [9.17, 15) is 39.9 Å². The van der Waals surface area contributed by atoms with Crippen molar-refractivity contribution >= 4 is 40.3 Å². The summed E-state index contributed by atoms with van der Waals surface area (Å²) in [5.41, 5.74) is -0.326. The van der Waals surface area contributed by atoms with Crippen molar-refractivity contribution in [2.75, 3.05) is 25.5 Å². The van der Waals surface area contributed by atoms with Crippen LogP contribution >= 0.6 is 0 Å². The number of aliphatic hydroxyl groups excluding tert-OH is 2. The summed E-state index contributed by atoms with van der Waals surface area (Å²) in [6.07, 6.45) is 8.39. The zero-order valence-electron chi connectivity index (χ0n) is 37.3. The maximum atomic E-state index is 14.5. The second-order valence-electron chi connectivity index (χ2n) is 16.5. The van der Waals surface area contributed by atoms with E-state index >= 15 is 0 Å². The predicted octanol–water partition coefficient (Wildman–Crippen LogP) is 6.99. The van der Waals surface area contributed by atoms with Crippen molar-refractivity contribution in [3.05, 3.63) is 52.8 Å². The molecule has 3 heterocycles. The number of Topliss-reactive ketones (excluding diaryl/α,β-unsaturated/α-hetero) is 1. The number of benzene rings is 2. The van der Waals surface area contributed by atoms with Crippen LogP contribution in [0.1, 0.15) is 109 Å². The molecule has 0 radical (unpaired) electrons. The highest BCUT2D eigenvalue weighted by molar-refractivity contribution is 6.23. The third-order valence-corrected chi connectivity index (χ3v) is 11.9. The average Bonchev–Trinajstić information content (AvgIpc) is 3.49. The molecule has 5 rings (SSSR count). The second-order valence-corrected chi connectivity index (χ2v) is 16.5. The van der Waals surface area contributed by atoms with Crippen LogP contribution in [0.3, 0.4) is 0 Å².